The van der Waals surface area contributed by atoms with Crippen LogP contribution in [0.15, 0.2) is 24.3 Å². The van der Waals surface area contributed by atoms with Gasteiger partial charge in [-0.25, -0.2) is 0 Å². The molecule has 0 aliphatic carbocycles. The predicted molar refractivity (Wildman–Crippen MR) is 81.5 cm³/mol. The molecule has 1 aromatic rings. The molecule has 1 aromatic carbocycles. The van der Waals surface area contributed by atoms with E-state index in [0.717, 1.165) is 25.1 Å². The first-order valence-corrected chi connectivity index (χ1v) is 7.79. The van der Waals surface area contributed by atoms with Crippen molar-refractivity contribution in [2.24, 2.45) is 0 Å². The molecule has 1 saturated heterocycles. The van der Waals surface area contributed by atoms with E-state index in [2.05, 4.69) is 4.90 Å². The number of rotatable bonds is 7. The summed E-state index contributed by atoms with van der Waals surface area (Å²) in [5, 5.41) is 0. The summed E-state index contributed by atoms with van der Waals surface area (Å²) in [6.45, 7) is 4.50. The Kier molecular flexibility index (Phi) is 6.58. The lowest BCUT2D eigenvalue weighted by molar-refractivity contribution is 0.112. The van der Waals surface area contributed by atoms with Gasteiger partial charge in [-0.1, -0.05) is 12.8 Å². The van der Waals surface area contributed by atoms with Crippen molar-refractivity contribution in [3.05, 3.63) is 29.8 Å². The van der Waals surface area contributed by atoms with E-state index in [-0.39, 0.29) is 0 Å². The average molecular weight is 275 g/mol. The van der Waals surface area contributed by atoms with Crippen molar-refractivity contribution in [3.8, 4) is 5.75 Å². The van der Waals surface area contributed by atoms with Crippen molar-refractivity contribution < 1.29 is 9.53 Å². The third kappa shape index (κ3) is 5.33. The molecule has 0 amide bonds. The van der Waals surface area contributed by atoms with Crippen LogP contribution in [0.4, 0.5) is 0 Å². The van der Waals surface area contributed by atoms with Gasteiger partial charge in [0.05, 0.1) is 6.61 Å². The van der Waals surface area contributed by atoms with Gasteiger partial charge < -0.3 is 9.64 Å². The Bertz CT molecular complexity index is 380. The van der Waals surface area contributed by atoms with Crippen molar-refractivity contribution in [2.45, 2.75) is 38.5 Å². The lowest BCUT2D eigenvalue weighted by Crippen LogP contribution is -2.25. The largest absolute Gasteiger partial charge is 0.494 e. The summed E-state index contributed by atoms with van der Waals surface area (Å²) in [5.74, 6) is 0.852. The molecule has 0 spiro atoms. The Labute approximate surface area is 121 Å². The van der Waals surface area contributed by atoms with E-state index >= 15 is 0 Å². The highest BCUT2D eigenvalue weighted by atomic mass is 16.5. The standard InChI is InChI=1S/C17H25NO2/c19-15-16-7-9-17(10-8-16)20-14-6-5-13-18-11-3-1-2-4-12-18/h7-10,15H,1-6,11-14H2. The van der Waals surface area contributed by atoms with Gasteiger partial charge in [-0.3, -0.25) is 4.79 Å². The van der Waals surface area contributed by atoms with Gasteiger partial charge in [0, 0.05) is 5.56 Å². The molecule has 20 heavy (non-hydrogen) atoms. The van der Waals surface area contributed by atoms with Crippen LogP contribution in [-0.2, 0) is 0 Å². The van der Waals surface area contributed by atoms with Crippen LogP contribution in [0.5, 0.6) is 5.75 Å². The Morgan fingerprint density at radius 2 is 1.70 bits per heavy atom. The van der Waals surface area contributed by atoms with Crippen molar-refractivity contribution >= 4 is 6.29 Å². The molecule has 2 rings (SSSR count). The summed E-state index contributed by atoms with van der Waals surface area (Å²) in [5.41, 5.74) is 0.693. The molecule has 0 unspecified atom stereocenters. The molecule has 1 fully saturated rings. The van der Waals surface area contributed by atoms with Gasteiger partial charge in [-0.2, -0.15) is 0 Å². The van der Waals surface area contributed by atoms with Crippen LogP contribution in [0.25, 0.3) is 0 Å². The molecule has 3 heteroatoms. The maximum Gasteiger partial charge on any atom is 0.150 e. The lowest BCUT2D eigenvalue weighted by Gasteiger charge is -2.19. The van der Waals surface area contributed by atoms with Crippen molar-refractivity contribution in [1.29, 1.82) is 0 Å². The van der Waals surface area contributed by atoms with E-state index in [9.17, 15) is 4.79 Å². The van der Waals surface area contributed by atoms with Crippen LogP contribution in [0.1, 0.15) is 48.9 Å². The van der Waals surface area contributed by atoms with E-state index in [1.54, 1.807) is 12.1 Å². The van der Waals surface area contributed by atoms with Gasteiger partial charge in [0.1, 0.15) is 12.0 Å². The Morgan fingerprint density at radius 1 is 1.00 bits per heavy atom. The molecule has 0 aromatic heterocycles. The highest BCUT2D eigenvalue weighted by Crippen LogP contribution is 2.13. The van der Waals surface area contributed by atoms with Gasteiger partial charge in [0.15, 0.2) is 0 Å². The second kappa shape index (κ2) is 8.75. The fourth-order valence-electron chi connectivity index (χ4n) is 2.63. The topological polar surface area (TPSA) is 29.5 Å². The first-order valence-electron chi connectivity index (χ1n) is 7.79. The van der Waals surface area contributed by atoms with Crippen LogP contribution in [-0.4, -0.2) is 37.4 Å². The number of carbonyl (C=O) groups excluding carboxylic acids is 1. The normalized spacial score (nSPS) is 16.6. The van der Waals surface area contributed by atoms with Gasteiger partial charge in [-0.05, 0) is 69.6 Å². The van der Waals surface area contributed by atoms with E-state index in [0.29, 0.717) is 5.56 Å². The molecule has 0 atom stereocenters. The van der Waals surface area contributed by atoms with Gasteiger partial charge in [-0.15, -0.1) is 0 Å². The first-order chi connectivity index (χ1) is 9.88. The molecule has 1 aliphatic rings. The second-order valence-corrected chi connectivity index (χ2v) is 5.50. The monoisotopic (exact) mass is 275 g/mol. The van der Waals surface area contributed by atoms with Crippen molar-refractivity contribution in [3.63, 3.8) is 0 Å². The zero-order valence-corrected chi connectivity index (χ0v) is 12.2. The molecular formula is C17H25NO2. The van der Waals surface area contributed by atoms with Crippen LogP contribution >= 0.6 is 0 Å². The molecule has 1 heterocycles. The zero-order valence-electron chi connectivity index (χ0n) is 12.2. The predicted octanol–water partition coefficient (Wildman–Crippen LogP) is 3.53. The number of likely N-dealkylation sites (tertiary alicyclic amines) is 1. The number of unbranched alkanes of at least 4 members (excludes halogenated alkanes) is 1. The van der Waals surface area contributed by atoms with Gasteiger partial charge in [0.25, 0.3) is 0 Å². The van der Waals surface area contributed by atoms with Crippen LogP contribution in [0.3, 0.4) is 0 Å². The van der Waals surface area contributed by atoms with Crippen LogP contribution in [0.2, 0.25) is 0 Å². The maximum absolute atomic E-state index is 10.5. The quantitative estimate of drug-likeness (QED) is 0.563. The molecule has 0 bridgehead atoms. The number of hydrogen-bond acceptors (Lipinski definition) is 3. The minimum atomic E-state index is 0.693. The number of carbonyl (C=O) groups is 1. The molecule has 0 radical (unpaired) electrons. The second-order valence-electron chi connectivity index (χ2n) is 5.50. The maximum atomic E-state index is 10.5. The number of aldehydes is 1. The summed E-state index contributed by atoms with van der Waals surface area (Å²) >= 11 is 0. The Hall–Kier alpha value is -1.35. The highest BCUT2D eigenvalue weighted by Gasteiger charge is 2.07. The van der Waals surface area contributed by atoms with Gasteiger partial charge in [0.2, 0.25) is 0 Å². The summed E-state index contributed by atoms with van der Waals surface area (Å²) in [6, 6.07) is 7.30. The van der Waals surface area contributed by atoms with Gasteiger partial charge >= 0.3 is 0 Å². The highest BCUT2D eigenvalue weighted by molar-refractivity contribution is 5.74. The number of benzene rings is 1. The first kappa shape index (κ1) is 15.0. The molecule has 1 aliphatic heterocycles. The van der Waals surface area contributed by atoms with E-state index in [1.807, 2.05) is 12.1 Å². The molecule has 0 N–H and O–H groups in total. The Morgan fingerprint density at radius 3 is 2.35 bits per heavy atom. The summed E-state index contributed by atoms with van der Waals surface area (Å²) in [4.78, 5) is 13.1. The van der Waals surface area contributed by atoms with Crippen LogP contribution < -0.4 is 4.74 Å². The van der Waals surface area contributed by atoms with E-state index < -0.39 is 0 Å². The molecular weight excluding hydrogens is 250 g/mol. The lowest BCUT2D eigenvalue weighted by atomic mass is 10.2. The molecule has 3 nitrogen and oxygen atoms in total. The summed E-state index contributed by atoms with van der Waals surface area (Å²) in [7, 11) is 0. The molecule has 0 saturated carbocycles. The number of ether oxygens (including phenoxy) is 1. The van der Waals surface area contributed by atoms with Crippen molar-refractivity contribution in [2.75, 3.05) is 26.2 Å². The molecule has 110 valence electrons. The smallest absolute Gasteiger partial charge is 0.150 e. The summed E-state index contributed by atoms with van der Waals surface area (Å²) < 4.78 is 5.69. The third-order valence-electron chi connectivity index (χ3n) is 3.85. The zero-order chi connectivity index (χ0) is 14.0. The number of nitrogens with zero attached hydrogens (tertiary/aromatic N) is 1. The minimum Gasteiger partial charge on any atom is -0.494 e. The van der Waals surface area contributed by atoms with Crippen LogP contribution in [0, 0.1) is 0 Å². The number of hydrogen-bond donors (Lipinski definition) is 0. The SMILES string of the molecule is O=Cc1ccc(OCCCCN2CCCCCC2)cc1. The fraction of sp³-hybridized carbons (Fsp3) is 0.588. The van der Waals surface area contributed by atoms with Crippen molar-refractivity contribution in [1.82, 2.24) is 4.90 Å². The van der Waals surface area contributed by atoms with E-state index in [1.165, 1.54) is 51.7 Å². The van der Waals surface area contributed by atoms with E-state index in [4.69, 9.17) is 4.74 Å². The fourth-order valence-corrected chi connectivity index (χ4v) is 2.63. The summed E-state index contributed by atoms with van der Waals surface area (Å²) in [6.07, 6.45) is 8.66. The minimum absolute atomic E-state index is 0.693. The Balaban J connectivity index is 1.57. The third-order valence-corrected chi connectivity index (χ3v) is 3.85. The average Bonchev–Trinajstić information content (AvgIpc) is 2.76.